The Bertz CT molecular complexity index is 446. The minimum absolute atomic E-state index is 0.0366. The highest BCUT2D eigenvalue weighted by Gasteiger charge is 2.17. The number of phenolic OH excluding ortho intramolecular Hbond substituents is 1. The molecule has 0 radical (unpaired) electrons. The van der Waals surface area contributed by atoms with Crippen LogP contribution < -0.4 is 5.73 Å². The molecule has 4 N–H and O–H groups in total. The number of carboxylic acids is 1. The summed E-state index contributed by atoms with van der Waals surface area (Å²) in [5, 5.41) is 18.7. The first-order valence-corrected chi connectivity index (χ1v) is 5.68. The first-order valence-electron chi connectivity index (χ1n) is 5.30. The molecule has 17 heavy (non-hydrogen) atoms. The Kier molecular flexibility index (Phi) is 4.37. The van der Waals surface area contributed by atoms with E-state index in [2.05, 4.69) is 0 Å². The van der Waals surface area contributed by atoms with E-state index in [4.69, 9.17) is 22.4 Å². The van der Waals surface area contributed by atoms with Crippen LogP contribution in [-0.2, 0) is 4.79 Å². The zero-order valence-electron chi connectivity index (χ0n) is 9.83. The van der Waals surface area contributed by atoms with Gasteiger partial charge in [-0.05, 0) is 31.4 Å². The molecule has 1 atom stereocenters. The Balaban J connectivity index is 3.02. The third kappa shape index (κ3) is 3.11. The molecule has 4 nitrogen and oxygen atoms in total. The summed E-state index contributed by atoms with van der Waals surface area (Å²) >= 11 is 5.97. The molecule has 0 fully saturated rings. The van der Waals surface area contributed by atoms with Gasteiger partial charge in [-0.1, -0.05) is 17.7 Å². The fourth-order valence-electron chi connectivity index (χ4n) is 1.60. The monoisotopic (exact) mass is 257 g/mol. The first kappa shape index (κ1) is 13.8. The number of aromatic hydroxyl groups is 1. The molecule has 0 saturated carbocycles. The predicted octanol–water partition coefficient (Wildman–Crippen LogP) is 2.53. The Labute approximate surface area is 105 Å². The van der Waals surface area contributed by atoms with Crippen LogP contribution in [0.2, 0.25) is 5.02 Å². The van der Waals surface area contributed by atoms with E-state index in [1.165, 1.54) is 0 Å². The number of rotatable bonds is 4. The lowest BCUT2D eigenvalue weighted by molar-refractivity contribution is -0.137. The standard InChI is InChI=1S/C12H16ClNO3/c1-6-5-8(9(14)3-4-10(15)16)12(17)11(13)7(6)2/h5,9,17H,3-4,14H2,1-2H3,(H,15,16). The summed E-state index contributed by atoms with van der Waals surface area (Å²) in [6.07, 6.45) is 0.229. The van der Waals surface area contributed by atoms with E-state index in [1.807, 2.05) is 13.8 Å². The summed E-state index contributed by atoms with van der Waals surface area (Å²) in [6.45, 7) is 3.68. The van der Waals surface area contributed by atoms with Gasteiger partial charge in [0, 0.05) is 18.0 Å². The quantitative estimate of drug-likeness (QED) is 0.774. The van der Waals surface area contributed by atoms with Crippen LogP contribution in [0, 0.1) is 13.8 Å². The van der Waals surface area contributed by atoms with Gasteiger partial charge in [0.15, 0.2) is 0 Å². The van der Waals surface area contributed by atoms with Gasteiger partial charge in [-0.3, -0.25) is 4.79 Å². The molecule has 0 aliphatic carbocycles. The SMILES string of the molecule is Cc1cc(C(N)CCC(=O)O)c(O)c(Cl)c1C. The van der Waals surface area contributed by atoms with Crippen molar-refractivity contribution in [1.29, 1.82) is 0 Å². The van der Waals surface area contributed by atoms with Crippen LogP contribution in [0.1, 0.15) is 35.6 Å². The lowest BCUT2D eigenvalue weighted by Crippen LogP contribution is -2.13. The van der Waals surface area contributed by atoms with E-state index in [-0.39, 0.29) is 23.6 Å². The second-order valence-corrected chi connectivity index (χ2v) is 4.49. The number of aryl methyl sites for hydroxylation is 1. The van der Waals surface area contributed by atoms with Crippen LogP contribution in [0.25, 0.3) is 0 Å². The number of hydrogen-bond acceptors (Lipinski definition) is 3. The Morgan fingerprint density at radius 1 is 1.53 bits per heavy atom. The zero-order chi connectivity index (χ0) is 13.2. The predicted molar refractivity (Wildman–Crippen MR) is 66.4 cm³/mol. The largest absolute Gasteiger partial charge is 0.506 e. The van der Waals surface area contributed by atoms with E-state index >= 15 is 0 Å². The molecule has 1 aromatic rings. The molecule has 1 unspecified atom stereocenters. The average molecular weight is 258 g/mol. The number of carboxylic acid groups (broad SMARTS) is 1. The van der Waals surface area contributed by atoms with E-state index in [9.17, 15) is 9.90 Å². The molecule has 5 heteroatoms. The second-order valence-electron chi connectivity index (χ2n) is 4.11. The normalized spacial score (nSPS) is 12.5. The molecular weight excluding hydrogens is 242 g/mol. The van der Waals surface area contributed by atoms with Gasteiger partial charge in [-0.15, -0.1) is 0 Å². The van der Waals surface area contributed by atoms with Gasteiger partial charge < -0.3 is 15.9 Å². The highest BCUT2D eigenvalue weighted by molar-refractivity contribution is 6.33. The number of benzene rings is 1. The minimum atomic E-state index is -0.908. The number of hydrogen-bond donors (Lipinski definition) is 3. The number of phenols is 1. The summed E-state index contributed by atoms with van der Waals surface area (Å²) in [4.78, 5) is 10.5. The van der Waals surface area contributed by atoms with Gasteiger partial charge in [0.1, 0.15) is 5.75 Å². The van der Waals surface area contributed by atoms with Crippen molar-refractivity contribution >= 4 is 17.6 Å². The molecule has 0 saturated heterocycles. The molecule has 94 valence electrons. The fourth-order valence-corrected chi connectivity index (χ4v) is 1.86. The molecule has 0 bridgehead atoms. The first-order chi connectivity index (χ1) is 7.84. The van der Waals surface area contributed by atoms with Gasteiger partial charge in [-0.2, -0.15) is 0 Å². The molecule has 0 heterocycles. The maximum Gasteiger partial charge on any atom is 0.303 e. The van der Waals surface area contributed by atoms with E-state index < -0.39 is 12.0 Å². The van der Waals surface area contributed by atoms with Crippen LogP contribution in [0.3, 0.4) is 0 Å². The van der Waals surface area contributed by atoms with Crippen LogP contribution in [0.15, 0.2) is 6.07 Å². The third-order valence-electron chi connectivity index (χ3n) is 2.84. The smallest absolute Gasteiger partial charge is 0.303 e. The summed E-state index contributed by atoms with van der Waals surface area (Å²) in [7, 11) is 0. The fraction of sp³-hybridized carbons (Fsp3) is 0.417. The van der Waals surface area contributed by atoms with Crippen molar-refractivity contribution in [3.8, 4) is 5.75 Å². The van der Waals surface area contributed by atoms with Crippen LogP contribution in [0.5, 0.6) is 5.75 Å². The number of carbonyl (C=O) groups is 1. The zero-order valence-corrected chi connectivity index (χ0v) is 10.6. The van der Waals surface area contributed by atoms with Gasteiger partial charge in [0.25, 0.3) is 0 Å². The number of halogens is 1. The summed E-state index contributed by atoms with van der Waals surface area (Å²) in [5.41, 5.74) is 8.08. The molecule has 0 spiro atoms. The highest BCUT2D eigenvalue weighted by Crippen LogP contribution is 2.36. The molecule has 0 aliphatic rings. The van der Waals surface area contributed by atoms with E-state index in [1.54, 1.807) is 6.07 Å². The van der Waals surface area contributed by atoms with Gasteiger partial charge >= 0.3 is 5.97 Å². The van der Waals surface area contributed by atoms with Crippen LogP contribution in [-0.4, -0.2) is 16.2 Å². The van der Waals surface area contributed by atoms with Crippen LogP contribution >= 0.6 is 11.6 Å². The Hall–Kier alpha value is -1.26. The van der Waals surface area contributed by atoms with E-state index in [0.717, 1.165) is 11.1 Å². The van der Waals surface area contributed by atoms with Crippen molar-refractivity contribution < 1.29 is 15.0 Å². The minimum Gasteiger partial charge on any atom is -0.506 e. The van der Waals surface area contributed by atoms with Gasteiger partial charge in [-0.25, -0.2) is 0 Å². The van der Waals surface area contributed by atoms with Crippen molar-refractivity contribution in [3.63, 3.8) is 0 Å². The molecule has 1 rings (SSSR count). The summed E-state index contributed by atoms with van der Waals surface area (Å²) in [5.74, 6) is -0.956. The topological polar surface area (TPSA) is 83.6 Å². The Morgan fingerprint density at radius 3 is 2.65 bits per heavy atom. The van der Waals surface area contributed by atoms with Crippen molar-refractivity contribution in [1.82, 2.24) is 0 Å². The Morgan fingerprint density at radius 2 is 2.12 bits per heavy atom. The molecule has 1 aromatic carbocycles. The van der Waals surface area contributed by atoms with Crippen molar-refractivity contribution in [2.75, 3.05) is 0 Å². The van der Waals surface area contributed by atoms with Gasteiger partial charge in [0.05, 0.1) is 5.02 Å². The van der Waals surface area contributed by atoms with Crippen molar-refractivity contribution in [2.45, 2.75) is 32.7 Å². The molecule has 0 amide bonds. The molecule has 0 aliphatic heterocycles. The summed E-state index contributed by atoms with van der Waals surface area (Å²) in [6, 6.07) is 1.23. The molecule has 0 aromatic heterocycles. The van der Waals surface area contributed by atoms with Gasteiger partial charge in [0.2, 0.25) is 0 Å². The maximum absolute atomic E-state index is 10.5. The maximum atomic E-state index is 10.5. The highest BCUT2D eigenvalue weighted by atomic mass is 35.5. The van der Waals surface area contributed by atoms with Crippen LogP contribution in [0.4, 0.5) is 0 Å². The lowest BCUT2D eigenvalue weighted by Gasteiger charge is -2.16. The average Bonchev–Trinajstić information content (AvgIpc) is 2.28. The van der Waals surface area contributed by atoms with E-state index in [0.29, 0.717) is 5.56 Å². The third-order valence-corrected chi connectivity index (χ3v) is 3.31. The molecular formula is C12H16ClNO3. The number of nitrogens with two attached hydrogens (primary N) is 1. The van der Waals surface area contributed by atoms with Crippen molar-refractivity contribution in [3.05, 3.63) is 27.8 Å². The number of aliphatic carboxylic acids is 1. The second kappa shape index (κ2) is 5.38. The van der Waals surface area contributed by atoms with Crippen molar-refractivity contribution in [2.24, 2.45) is 5.73 Å². The lowest BCUT2D eigenvalue weighted by atomic mass is 9.97. The summed E-state index contributed by atoms with van der Waals surface area (Å²) < 4.78 is 0.